The average molecular weight is 386 g/mol. The zero-order valence-electron chi connectivity index (χ0n) is 17.8. The quantitative estimate of drug-likeness (QED) is 0.471. The van der Waals surface area contributed by atoms with Crippen molar-refractivity contribution in [2.24, 2.45) is 5.92 Å². The zero-order valence-corrected chi connectivity index (χ0v) is 17.8. The molecular weight excluding hydrogens is 348 g/mol. The van der Waals surface area contributed by atoms with Crippen LogP contribution < -0.4 is 4.74 Å². The van der Waals surface area contributed by atoms with Gasteiger partial charge in [0.2, 0.25) is 11.8 Å². The van der Waals surface area contributed by atoms with Crippen molar-refractivity contribution in [3.63, 3.8) is 0 Å². The van der Waals surface area contributed by atoms with E-state index in [-0.39, 0.29) is 24.5 Å². The molecule has 1 aliphatic rings. The monoisotopic (exact) mass is 385 g/mol. The maximum absolute atomic E-state index is 13.0. The van der Waals surface area contributed by atoms with Gasteiger partial charge in [-0.1, -0.05) is 47.5 Å². The SMILES string of the molecule is CC.CC(Oc1ccc(O)cn1)=C1CC1.CCCCC(F)(F)CC(C)CC. The van der Waals surface area contributed by atoms with Crippen molar-refractivity contribution in [1.82, 2.24) is 4.98 Å². The number of nitrogens with zero attached hydrogens (tertiary/aromatic N) is 1. The van der Waals surface area contributed by atoms with Crippen LogP contribution in [0.5, 0.6) is 11.6 Å². The van der Waals surface area contributed by atoms with Gasteiger partial charge in [-0.15, -0.1) is 0 Å². The van der Waals surface area contributed by atoms with Gasteiger partial charge >= 0.3 is 0 Å². The summed E-state index contributed by atoms with van der Waals surface area (Å²) in [7, 11) is 0. The van der Waals surface area contributed by atoms with E-state index in [1.54, 1.807) is 12.1 Å². The van der Waals surface area contributed by atoms with E-state index >= 15 is 0 Å². The second kappa shape index (κ2) is 13.5. The third-order valence-electron chi connectivity index (χ3n) is 4.22. The Labute approximate surface area is 163 Å². The molecule has 0 aromatic carbocycles. The summed E-state index contributed by atoms with van der Waals surface area (Å²) in [6.45, 7) is 11.7. The van der Waals surface area contributed by atoms with Gasteiger partial charge in [0, 0.05) is 18.9 Å². The van der Waals surface area contributed by atoms with Crippen molar-refractivity contribution in [1.29, 1.82) is 0 Å². The molecule has 27 heavy (non-hydrogen) atoms. The van der Waals surface area contributed by atoms with Gasteiger partial charge in [-0.05, 0) is 43.7 Å². The van der Waals surface area contributed by atoms with E-state index in [2.05, 4.69) is 4.98 Å². The Kier molecular flexibility index (Phi) is 12.7. The molecule has 0 bridgehead atoms. The molecule has 1 N–H and O–H groups in total. The van der Waals surface area contributed by atoms with Crippen molar-refractivity contribution in [3.05, 3.63) is 29.7 Å². The molecule has 1 aromatic rings. The number of aromatic nitrogens is 1. The van der Waals surface area contributed by atoms with Gasteiger partial charge < -0.3 is 9.84 Å². The number of allylic oxidation sites excluding steroid dienone is 2. The van der Waals surface area contributed by atoms with E-state index in [4.69, 9.17) is 9.84 Å². The van der Waals surface area contributed by atoms with Crippen LogP contribution in [-0.4, -0.2) is 16.0 Å². The maximum atomic E-state index is 13.0. The number of hydrogen-bond acceptors (Lipinski definition) is 3. The maximum Gasteiger partial charge on any atom is 0.248 e. The fourth-order valence-corrected chi connectivity index (χ4v) is 2.27. The Morgan fingerprint density at radius 3 is 2.33 bits per heavy atom. The first-order valence-electron chi connectivity index (χ1n) is 10.2. The fourth-order valence-electron chi connectivity index (χ4n) is 2.27. The van der Waals surface area contributed by atoms with Crippen LogP contribution in [0.25, 0.3) is 0 Å². The number of unbranched alkanes of at least 4 members (excludes halogenated alkanes) is 1. The smallest absolute Gasteiger partial charge is 0.248 e. The molecule has 156 valence electrons. The van der Waals surface area contributed by atoms with Gasteiger partial charge in [0.25, 0.3) is 0 Å². The van der Waals surface area contributed by atoms with Gasteiger partial charge in [-0.3, -0.25) is 0 Å². The van der Waals surface area contributed by atoms with Crippen LogP contribution in [0.2, 0.25) is 0 Å². The van der Waals surface area contributed by atoms with Crippen LogP contribution >= 0.6 is 0 Å². The molecule has 0 amide bonds. The van der Waals surface area contributed by atoms with Gasteiger partial charge in [-0.25, -0.2) is 13.8 Å². The van der Waals surface area contributed by atoms with Crippen LogP contribution in [0.3, 0.4) is 0 Å². The second-order valence-electron chi connectivity index (χ2n) is 6.79. The Balaban J connectivity index is 0.000000461. The van der Waals surface area contributed by atoms with E-state index in [0.29, 0.717) is 12.3 Å². The van der Waals surface area contributed by atoms with Crippen LogP contribution in [0.1, 0.15) is 86.5 Å². The molecule has 1 atom stereocenters. The Bertz CT molecular complexity index is 536. The first-order chi connectivity index (χ1) is 12.8. The van der Waals surface area contributed by atoms with E-state index in [0.717, 1.165) is 31.4 Å². The average Bonchev–Trinajstić information content (AvgIpc) is 3.49. The first kappa shape index (κ1) is 25.4. The molecule has 5 heteroatoms. The van der Waals surface area contributed by atoms with Crippen molar-refractivity contribution in [3.8, 4) is 11.6 Å². The van der Waals surface area contributed by atoms with E-state index in [1.807, 2.05) is 41.5 Å². The van der Waals surface area contributed by atoms with Crippen LogP contribution in [0, 0.1) is 5.92 Å². The number of aromatic hydroxyl groups is 1. The minimum atomic E-state index is -2.43. The summed E-state index contributed by atoms with van der Waals surface area (Å²) in [6, 6.07) is 3.22. The summed E-state index contributed by atoms with van der Waals surface area (Å²) in [6.07, 6.45) is 6.13. The van der Waals surface area contributed by atoms with E-state index in [9.17, 15) is 8.78 Å². The molecule has 0 spiro atoms. The first-order valence-corrected chi connectivity index (χ1v) is 10.2. The lowest BCUT2D eigenvalue weighted by atomic mass is 9.97. The molecule has 1 saturated carbocycles. The van der Waals surface area contributed by atoms with Crippen LogP contribution in [0.15, 0.2) is 29.7 Å². The molecule has 0 radical (unpaired) electrons. The molecule has 1 heterocycles. The number of ether oxygens (including phenoxy) is 1. The minimum absolute atomic E-state index is 0.0590. The number of pyridine rings is 1. The molecule has 0 aliphatic heterocycles. The second-order valence-corrected chi connectivity index (χ2v) is 6.79. The minimum Gasteiger partial charge on any atom is -0.506 e. The van der Waals surface area contributed by atoms with E-state index in [1.165, 1.54) is 11.8 Å². The number of alkyl halides is 2. The van der Waals surface area contributed by atoms with Gasteiger partial charge in [0.05, 0.1) is 6.20 Å². The summed E-state index contributed by atoms with van der Waals surface area (Å²) in [5.41, 5.74) is 1.36. The Hall–Kier alpha value is -1.65. The summed E-state index contributed by atoms with van der Waals surface area (Å²) in [5.74, 6) is -0.639. The predicted octanol–water partition coefficient (Wildman–Crippen LogP) is 7.51. The summed E-state index contributed by atoms with van der Waals surface area (Å²) < 4.78 is 31.5. The van der Waals surface area contributed by atoms with Crippen molar-refractivity contribution >= 4 is 0 Å². The molecule has 1 aliphatic carbocycles. The molecule has 1 unspecified atom stereocenters. The summed E-state index contributed by atoms with van der Waals surface area (Å²) in [5, 5.41) is 8.98. The lowest BCUT2D eigenvalue weighted by molar-refractivity contribution is -0.0310. The molecular formula is C22H37F2NO2. The summed E-state index contributed by atoms with van der Waals surface area (Å²) >= 11 is 0. The summed E-state index contributed by atoms with van der Waals surface area (Å²) in [4.78, 5) is 3.92. The number of halogens is 2. The largest absolute Gasteiger partial charge is 0.506 e. The van der Waals surface area contributed by atoms with Gasteiger partial charge in [0.15, 0.2) is 0 Å². The van der Waals surface area contributed by atoms with Crippen LogP contribution in [-0.2, 0) is 0 Å². The van der Waals surface area contributed by atoms with Crippen molar-refractivity contribution < 1.29 is 18.6 Å². The molecule has 3 nitrogen and oxygen atoms in total. The topological polar surface area (TPSA) is 42.4 Å². The Morgan fingerprint density at radius 2 is 1.89 bits per heavy atom. The highest BCUT2D eigenvalue weighted by Crippen LogP contribution is 2.32. The van der Waals surface area contributed by atoms with Crippen molar-refractivity contribution in [2.75, 3.05) is 0 Å². The van der Waals surface area contributed by atoms with Gasteiger partial charge in [0.1, 0.15) is 11.5 Å². The lowest BCUT2D eigenvalue weighted by Gasteiger charge is -2.19. The van der Waals surface area contributed by atoms with Gasteiger partial charge in [-0.2, -0.15) is 0 Å². The lowest BCUT2D eigenvalue weighted by Crippen LogP contribution is -2.19. The molecule has 1 aromatic heterocycles. The highest BCUT2D eigenvalue weighted by atomic mass is 19.3. The zero-order chi connectivity index (χ0) is 20.9. The van der Waals surface area contributed by atoms with E-state index < -0.39 is 5.92 Å². The van der Waals surface area contributed by atoms with Crippen molar-refractivity contribution in [2.45, 2.75) is 92.4 Å². The fraction of sp³-hybridized carbons (Fsp3) is 0.682. The third-order valence-corrected chi connectivity index (χ3v) is 4.22. The third kappa shape index (κ3) is 12.4. The predicted molar refractivity (Wildman–Crippen MR) is 108 cm³/mol. The molecule has 2 rings (SSSR count). The Morgan fingerprint density at radius 1 is 1.26 bits per heavy atom. The number of rotatable bonds is 8. The highest BCUT2D eigenvalue weighted by molar-refractivity contribution is 5.26. The van der Waals surface area contributed by atoms with Crippen LogP contribution in [0.4, 0.5) is 8.78 Å². The standard InChI is InChI=1S/C10H20F2.C10H11NO2.C2H6/c1-4-6-7-10(11,12)8-9(3)5-2;1-7(8-2-3-8)13-10-5-4-9(12)6-11-10;1-2/h9H,4-8H2,1-3H3;4-6,12H,2-3H2,1H3;1-2H3. The number of hydrogen-bond donors (Lipinski definition) is 1. The normalized spacial score (nSPS) is 13.6. The highest BCUT2D eigenvalue weighted by Gasteiger charge is 2.29. The molecule has 0 saturated heterocycles. The molecule has 1 fully saturated rings.